The number of carbonyl (C=O) groups is 2. The van der Waals surface area contributed by atoms with Crippen LogP contribution in [0.2, 0.25) is 0 Å². The zero-order valence-electron chi connectivity index (χ0n) is 19.7. The van der Waals surface area contributed by atoms with Gasteiger partial charge >= 0.3 is 0 Å². The van der Waals surface area contributed by atoms with E-state index in [9.17, 15) is 9.59 Å². The average molecular weight is 471 g/mol. The maximum absolute atomic E-state index is 13.8. The first-order chi connectivity index (χ1) is 17.2. The molecule has 2 aromatic carbocycles. The first-order valence-electron chi connectivity index (χ1n) is 12.3. The summed E-state index contributed by atoms with van der Waals surface area (Å²) in [7, 11) is 0. The third kappa shape index (κ3) is 5.29. The van der Waals surface area contributed by atoms with Crippen LogP contribution in [0.1, 0.15) is 49.5 Å². The van der Waals surface area contributed by atoms with Crippen molar-refractivity contribution in [2.24, 2.45) is 0 Å². The van der Waals surface area contributed by atoms with Gasteiger partial charge in [0.15, 0.2) is 0 Å². The van der Waals surface area contributed by atoms with Crippen LogP contribution in [0, 0.1) is 0 Å². The molecule has 5 rings (SSSR count). The first kappa shape index (κ1) is 22.9. The van der Waals surface area contributed by atoms with Gasteiger partial charge in [-0.2, -0.15) is 0 Å². The van der Waals surface area contributed by atoms with E-state index in [1.165, 1.54) is 6.42 Å². The zero-order valence-corrected chi connectivity index (χ0v) is 19.7. The molecule has 2 aromatic heterocycles. The van der Waals surface area contributed by atoms with Crippen molar-refractivity contribution in [3.05, 3.63) is 90.6 Å². The Balaban J connectivity index is 1.48. The second kappa shape index (κ2) is 10.6. The molecule has 35 heavy (non-hydrogen) atoms. The molecule has 0 bridgehead atoms. The minimum Gasteiger partial charge on any atom is -0.467 e. The highest BCUT2D eigenvalue weighted by Crippen LogP contribution is 2.26. The van der Waals surface area contributed by atoms with E-state index in [4.69, 9.17) is 4.42 Å². The summed E-state index contributed by atoms with van der Waals surface area (Å²) in [5, 5.41) is 3.24. The second-order valence-corrected chi connectivity index (χ2v) is 9.12. The van der Waals surface area contributed by atoms with Crippen LogP contribution in [-0.2, 0) is 22.7 Å². The summed E-state index contributed by atoms with van der Waals surface area (Å²) in [6.07, 6.45) is 8.64. The van der Waals surface area contributed by atoms with E-state index in [1.54, 1.807) is 23.6 Å². The van der Waals surface area contributed by atoms with Gasteiger partial charge in [-0.3, -0.25) is 9.59 Å². The Morgan fingerprint density at radius 3 is 2.54 bits per heavy atom. The van der Waals surface area contributed by atoms with Crippen LogP contribution in [0.5, 0.6) is 0 Å². The molecule has 0 saturated heterocycles. The van der Waals surface area contributed by atoms with E-state index in [2.05, 4.69) is 10.3 Å². The quantitative estimate of drug-likeness (QED) is 0.399. The van der Waals surface area contributed by atoms with Crippen LogP contribution >= 0.6 is 0 Å². The van der Waals surface area contributed by atoms with Gasteiger partial charge in [-0.05, 0) is 42.7 Å². The van der Waals surface area contributed by atoms with Gasteiger partial charge in [0.25, 0.3) is 0 Å². The fourth-order valence-electron chi connectivity index (χ4n) is 4.90. The number of amides is 2. The predicted octanol–water partition coefficient (Wildman–Crippen LogP) is 4.85. The number of imidazole rings is 1. The normalized spacial score (nSPS) is 15.1. The van der Waals surface area contributed by atoms with Crippen molar-refractivity contribution in [2.45, 2.75) is 57.3 Å². The minimum absolute atomic E-state index is 0.0707. The van der Waals surface area contributed by atoms with E-state index in [1.807, 2.05) is 65.2 Å². The summed E-state index contributed by atoms with van der Waals surface area (Å²) in [4.78, 5) is 33.6. The maximum atomic E-state index is 13.8. The molecule has 1 fully saturated rings. The first-order valence-corrected chi connectivity index (χ1v) is 12.3. The number of aromatic nitrogens is 2. The molecule has 0 spiro atoms. The molecular weight excluding hydrogens is 440 g/mol. The molecule has 1 saturated carbocycles. The highest BCUT2D eigenvalue weighted by molar-refractivity contribution is 5.89. The Morgan fingerprint density at radius 2 is 1.77 bits per heavy atom. The van der Waals surface area contributed by atoms with Gasteiger partial charge < -0.3 is 19.2 Å². The lowest BCUT2D eigenvalue weighted by molar-refractivity contribution is -0.142. The van der Waals surface area contributed by atoms with Gasteiger partial charge in [0.2, 0.25) is 11.8 Å². The molecule has 1 aliphatic carbocycles. The Bertz CT molecular complexity index is 1260. The van der Waals surface area contributed by atoms with Crippen LogP contribution in [0.4, 0.5) is 0 Å². The van der Waals surface area contributed by atoms with Crippen molar-refractivity contribution in [3.63, 3.8) is 0 Å². The van der Waals surface area contributed by atoms with E-state index < -0.39 is 6.04 Å². The highest BCUT2D eigenvalue weighted by Gasteiger charge is 2.33. The molecule has 7 heteroatoms. The number of para-hydroxylation sites is 2. The van der Waals surface area contributed by atoms with Crippen LogP contribution in [0.3, 0.4) is 0 Å². The SMILES string of the molecule is O=C(NC1CCCCC1)[C@H](c1ccccc1)N(Cc1ccco1)C(=O)Cn1cnc2ccccc21. The molecule has 2 heterocycles. The Hall–Kier alpha value is -3.87. The fourth-order valence-corrected chi connectivity index (χ4v) is 4.90. The lowest BCUT2D eigenvalue weighted by Gasteiger charge is -2.33. The van der Waals surface area contributed by atoms with Gasteiger partial charge in [-0.25, -0.2) is 4.98 Å². The highest BCUT2D eigenvalue weighted by atomic mass is 16.3. The second-order valence-electron chi connectivity index (χ2n) is 9.12. The zero-order chi connectivity index (χ0) is 24.0. The number of nitrogens with one attached hydrogen (secondary N) is 1. The van der Waals surface area contributed by atoms with E-state index in [0.29, 0.717) is 5.76 Å². The Labute approximate surface area is 204 Å². The van der Waals surface area contributed by atoms with Gasteiger partial charge in [0.1, 0.15) is 18.3 Å². The van der Waals surface area contributed by atoms with Crippen LogP contribution in [0.25, 0.3) is 11.0 Å². The Kier molecular flexibility index (Phi) is 6.93. The van der Waals surface area contributed by atoms with Gasteiger partial charge in [-0.1, -0.05) is 61.7 Å². The van der Waals surface area contributed by atoms with Crippen molar-refractivity contribution >= 4 is 22.8 Å². The number of hydrogen-bond acceptors (Lipinski definition) is 4. The molecule has 0 aliphatic heterocycles. The molecule has 7 nitrogen and oxygen atoms in total. The number of hydrogen-bond donors (Lipinski definition) is 1. The summed E-state index contributed by atoms with van der Waals surface area (Å²) >= 11 is 0. The average Bonchev–Trinajstić information content (AvgIpc) is 3.55. The molecule has 1 N–H and O–H groups in total. The van der Waals surface area contributed by atoms with E-state index >= 15 is 0 Å². The number of fused-ring (bicyclic) bond motifs is 1. The summed E-state index contributed by atoms with van der Waals surface area (Å²) in [6, 6.07) is 20.2. The predicted molar refractivity (Wildman–Crippen MR) is 133 cm³/mol. The third-order valence-electron chi connectivity index (χ3n) is 6.69. The van der Waals surface area contributed by atoms with Crippen molar-refractivity contribution in [2.75, 3.05) is 0 Å². The standard InChI is InChI=1S/C28H30N4O3/c33-26(19-31-20-29-24-15-7-8-16-25(24)31)32(18-23-14-9-17-35-23)27(21-10-3-1-4-11-21)28(34)30-22-12-5-2-6-13-22/h1,3-4,7-11,14-17,20,22,27H,2,5-6,12-13,18-19H2,(H,30,34)/t27-/m0/s1. The topological polar surface area (TPSA) is 80.4 Å². The largest absolute Gasteiger partial charge is 0.467 e. The van der Waals surface area contributed by atoms with Gasteiger partial charge in [-0.15, -0.1) is 0 Å². The number of nitrogens with zero attached hydrogens (tertiary/aromatic N) is 3. The molecule has 1 atom stereocenters. The minimum atomic E-state index is -0.773. The van der Waals surface area contributed by atoms with E-state index in [0.717, 1.165) is 42.3 Å². The summed E-state index contributed by atoms with van der Waals surface area (Å²) in [6.45, 7) is 0.261. The van der Waals surface area contributed by atoms with E-state index in [-0.39, 0.29) is 30.9 Å². The number of furan rings is 1. The van der Waals surface area contributed by atoms with Crippen LogP contribution in [-0.4, -0.2) is 32.3 Å². The molecule has 180 valence electrons. The maximum Gasteiger partial charge on any atom is 0.247 e. The van der Waals surface area contributed by atoms with Crippen molar-refractivity contribution in [1.29, 1.82) is 0 Å². The van der Waals surface area contributed by atoms with Crippen LogP contribution < -0.4 is 5.32 Å². The Morgan fingerprint density at radius 1 is 1.00 bits per heavy atom. The molecule has 0 radical (unpaired) electrons. The molecule has 1 aliphatic rings. The lowest BCUT2D eigenvalue weighted by atomic mass is 9.94. The smallest absolute Gasteiger partial charge is 0.247 e. The molecule has 0 unspecified atom stereocenters. The summed E-state index contributed by atoms with van der Waals surface area (Å²) < 4.78 is 7.42. The van der Waals surface area contributed by atoms with Gasteiger partial charge in [0, 0.05) is 6.04 Å². The van der Waals surface area contributed by atoms with Crippen molar-refractivity contribution in [3.8, 4) is 0 Å². The third-order valence-corrected chi connectivity index (χ3v) is 6.69. The lowest BCUT2D eigenvalue weighted by Crippen LogP contribution is -2.47. The number of benzene rings is 2. The number of carbonyl (C=O) groups excluding carboxylic acids is 2. The molecular formula is C28H30N4O3. The van der Waals surface area contributed by atoms with Crippen LogP contribution in [0.15, 0.2) is 83.7 Å². The summed E-state index contributed by atoms with van der Waals surface area (Å²) in [5.41, 5.74) is 2.48. The number of rotatable bonds is 8. The van der Waals surface area contributed by atoms with Crippen molar-refractivity contribution < 1.29 is 14.0 Å². The fraction of sp³-hybridized carbons (Fsp3) is 0.321. The molecule has 2 amide bonds. The van der Waals surface area contributed by atoms with Crippen molar-refractivity contribution in [1.82, 2.24) is 19.8 Å². The monoisotopic (exact) mass is 470 g/mol. The van der Waals surface area contributed by atoms with Gasteiger partial charge in [0.05, 0.1) is 30.2 Å². The molecule has 4 aromatic rings. The summed E-state index contributed by atoms with van der Waals surface area (Å²) in [5.74, 6) is 0.288.